The van der Waals surface area contributed by atoms with E-state index in [0.717, 1.165) is 18.5 Å². The maximum Gasteiger partial charge on any atom is 0.233 e. The van der Waals surface area contributed by atoms with Crippen LogP contribution in [0.15, 0.2) is 29.4 Å². The maximum atomic E-state index is 12.5. The van der Waals surface area contributed by atoms with Crippen LogP contribution in [0.5, 0.6) is 0 Å². The summed E-state index contributed by atoms with van der Waals surface area (Å²) in [4.78, 5) is 25.6. The van der Waals surface area contributed by atoms with Gasteiger partial charge in [0.2, 0.25) is 17.0 Å². The number of thioether (sulfide) groups is 1. The smallest absolute Gasteiger partial charge is 0.233 e. The van der Waals surface area contributed by atoms with E-state index in [9.17, 15) is 9.59 Å². The number of nitrogens with two attached hydrogens (primary N) is 1. The highest BCUT2D eigenvalue weighted by molar-refractivity contribution is 7.99. The second kappa shape index (κ2) is 8.51. The standard InChI is InChI=1S/C18H24N6O2S/c1-12(2)13-5-7-15(8-6-13)24-18(20-21-22-24)27-11-16(25)23-9-3-4-14(10-23)17(19)26/h5-8,12,14H,3-4,9-11H2,1-2H3,(H2,19,26)/t14-/m0/s1. The van der Waals surface area contributed by atoms with Gasteiger partial charge < -0.3 is 10.6 Å². The molecule has 3 rings (SSSR count). The number of nitrogens with zero attached hydrogens (tertiary/aromatic N) is 5. The van der Waals surface area contributed by atoms with Crippen LogP contribution < -0.4 is 5.73 Å². The minimum atomic E-state index is -0.339. The van der Waals surface area contributed by atoms with Gasteiger partial charge in [-0.1, -0.05) is 37.7 Å². The average molecular weight is 388 g/mol. The van der Waals surface area contributed by atoms with Crippen molar-refractivity contribution in [2.24, 2.45) is 11.7 Å². The Balaban J connectivity index is 1.63. The molecule has 27 heavy (non-hydrogen) atoms. The number of benzene rings is 1. The summed E-state index contributed by atoms with van der Waals surface area (Å²) in [6.07, 6.45) is 1.54. The first-order valence-corrected chi connectivity index (χ1v) is 10.0. The Morgan fingerprint density at radius 2 is 2.04 bits per heavy atom. The van der Waals surface area contributed by atoms with E-state index in [4.69, 9.17) is 5.73 Å². The number of amides is 2. The fourth-order valence-electron chi connectivity index (χ4n) is 3.08. The molecule has 1 aliphatic heterocycles. The average Bonchev–Trinajstić information content (AvgIpc) is 3.14. The molecule has 1 atom stereocenters. The molecule has 8 nitrogen and oxygen atoms in total. The Morgan fingerprint density at radius 3 is 2.70 bits per heavy atom. The molecule has 1 aliphatic rings. The van der Waals surface area contributed by atoms with Crippen LogP contribution in [0.1, 0.15) is 38.2 Å². The zero-order chi connectivity index (χ0) is 19.4. The van der Waals surface area contributed by atoms with Crippen molar-refractivity contribution in [3.63, 3.8) is 0 Å². The highest BCUT2D eigenvalue weighted by atomic mass is 32.2. The molecule has 2 aromatic rings. The van der Waals surface area contributed by atoms with Gasteiger partial charge in [-0.05, 0) is 46.9 Å². The first-order valence-electron chi connectivity index (χ1n) is 9.04. The first-order chi connectivity index (χ1) is 13.0. The second-order valence-corrected chi connectivity index (χ2v) is 7.93. The normalized spacial score (nSPS) is 17.3. The molecule has 0 bridgehead atoms. The van der Waals surface area contributed by atoms with E-state index in [1.165, 1.54) is 17.3 Å². The molecule has 0 radical (unpaired) electrons. The minimum absolute atomic E-state index is 0.0318. The molecule has 9 heteroatoms. The maximum absolute atomic E-state index is 12.5. The zero-order valence-corrected chi connectivity index (χ0v) is 16.4. The fraction of sp³-hybridized carbons (Fsp3) is 0.500. The van der Waals surface area contributed by atoms with Gasteiger partial charge in [-0.2, -0.15) is 4.68 Å². The number of likely N-dealkylation sites (tertiary alicyclic amines) is 1. The predicted molar refractivity (Wildman–Crippen MR) is 102 cm³/mol. The minimum Gasteiger partial charge on any atom is -0.369 e. The molecule has 1 aromatic heterocycles. The lowest BCUT2D eigenvalue weighted by Gasteiger charge is -2.31. The largest absolute Gasteiger partial charge is 0.369 e. The Labute approximate surface area is 162 Å². The van der Waals surface area contributed by atoms with Crippen LogP contribution in [0.2, 0.25) is 0 Å². The van der Waals surface area contributed by atoms with Crippen LogP contribution in [0, 0.1) is 5.92 Å². The van der Waals surface area contributed by atoms with Crippen LogP contribution in [0.3, 0.4) is 0 Å². The van der Waals surface area contributed by atoms with Gasteiger partial charge in [-0.25, -0.2) is 0 Å². The number of tetrazole rings is 1. The number of carbonyl (C=O) groups is 2. The van der Waals surface area contributed by atoms with E-state index in [0.29, 0.717) is 24.2 Å². The summed E-state index contributed by atoms with van der Waals surface area (Å²) in [5.41, 5.74) is 7.48. The van der Waals surface area contributed by atoms with E-state index >= 15 is 0 Å². The van der Waals surface area contributed by atoms with Gasteiger partial charge in [0, 0.05) is 13.1 Å². The van der Waals surface area contributed by atoms with Crippen LogP contribution in [-0.2, 0) is 9.59 Å². The number of piperidine rings is 1. The third kappa shape index (κ3) is 4.65. The van der Waals surface area contributed by atoms with Crippen LogP contribution in [0.25, 0.3) is 5.69 Å². The van der Waals surface area contributed by atoms with E-state index in [2.05, 4.69) is 41.5 Å². The van der Waals surface area contributed by atoms with Gasteiger partial charge in [0.15, 0.2) is 0 Å². The monoisotopic (exact) mass is 388 g/mol. The van der Waals surface area contributed by atoms with E-state index in [1.54, 1.807) is 9.58 Å². The Morgan fingerprint density at radius 1 is 1.30 bits per heavy atom. The molecular weight excluding hydrogens is 364 g/mol. The molecule has 2 amide bonds. The molecule has 0 aliphatic carbocycles. The van der Waals surface area contributed by atoms with E-state index in [-0.39, 0.29) is 23.5 Å². The summed E-state index contributed by atoms with van der Waals surface area (Å²) in [6.45, 7) is 5.34. The van der Waals surface area contributed by atoms with Crippen molar-refractivity contribution < 1.29 is 9.59 Å². The Bertz CT molecular complexity index is 804. The number of hydrogen-bond acceptors (Lipinski definition) is 6. The molecule has 2 N–H and O–H groups in total. The van der Waals surface area contributed by atoms with Gasteiger partial charge in [0.25, 0.3) is 0 Å². The van der Waals surface area contributed by atoms with Gasteiger partial charge in [0.1, 0.15) is 0 Å². The molecule has 0 saturated carbocycles. The van der Waals surface area contributed by atoms with Gasteiger partial charge in [0.05, 0.1) is 17.4 Å². The second-order valence-electron chi connectivity index (χ2n) is 6.99. The van der Waals surface area contributed by atoms with Crippen molar-refractivity contribution in [3.05, 3.63) is 29.8 Å². The van der Waals surface area contributed by atoms with Gasteiger partial charge >= 0.3 is 0 Å². The predicted octanol–water partition coefficient (Wildman–Crippen LogP) is 1.60. The first kappa shape index (κ1) is 19.3. The Hall–Kier alpha value is -2.42. The van der Waals surface area contributed by atoms with Gasteiger partial charge in [-0.3, -0.25) is 9.59 Å². The Kier molecular flexibility index (Phi) is 6.10. The summed E-state index contributed by atoms with van der Waals surface area (Å²) >= 11 is 1.29. The lowest BCUT2D eigenvalue weighted by atomic mass is 9.97. The van der Waals surface area contributed by atoms with Crippen molar-refractivity contribution in [1.29, 1.82) is 0 Å². The van der Waals surface area contributed by atoms with Crippen LogP contribution in [-0.4, -0.2) is 55.8 Å². The number of carbonyl (C=O) groups excluding carboxylic acids is 2. The zero-order valence-electron chi connectivity index (χ0n) is 15.5. The van der Waals surface area contributed by atoms with Crippen molar-refractivity contribution in [3.8, 4) is 5.69 Å². The SMILES string of the molecule is CC(C)c1ccc(-n2nnnc2SCC(=O)N2CCC[C@H](C(N)=O)C2)cc1. The molecule has 2 heterocycles. The lowest BCUT2D eigenvalue weighted by Crippen LogP contribution is -2.44. The summed E-state index contributed by atoms with van der Waals surface area (Å²) in [7, 11) is 0. The molecule has 144 valence electrons. The molecule has 1 fully saturated rings. The number of aromatic nitrogens is 4. The van der Waals surface area contributed by atoms with Crippen molar-refractivity contribution in [2.45, 2.75) is 37.8 Å². The van der Waals surface area contributed by atoms with Crippen LogP contribution in [0.4, 0.5) is 0 Å². The quantitative estimate of drug-likeness (QED) is 0.753. The summed E-state index contributed by atoms with van der Waals surface area (Å²) < 4.78 is 1.63. The fourth-order valence-corrected chi connectivity index (χ4v) is 3.88. The van der Waals surface area contributed by atoms with Gasteiger partial charge in [-0.15, -0.1) is 5.10 Å². The molecule has 1 saturated heterocycles. The third-order valence-electron chi connectivity index (χ3n) is 4.75. The molecule has 0 unspecified atom stereocenters. The topological polar surface area (TPSA) is 107 Å². The highest BCUT2D eigenvalue weighted by Crippen LogP contribution is 2.22. The third-order valence-corrected chi connectivity index (χ3v) is 5.65. The number of primary amides is 1. The number of hydrogen-bond donors (Lipinski definition) is 1. The summed E-state index contributed by atoms with van der Waals surface area (Å²) in [5.74, 6) is 0.0471. The summed E-state index contributed by atoms with van der Waals surface area (Å²) in [6, 6.07) is 8.05. The van der Waals surface area contributed by atoms with Crippen LogP contribution >= 0.6 is 11.8 Å². The van der Waals surface area contributed by atoms with E-state index in [1.807, 2.05) is 12.1 Å². The van der Waals surface area contributed by atoms with Crippen molar-refractivity contribution in [1.82, 2.24) is 25.1 Å². The molecular formula is C18H24N6O2S. The highest BCUT2D eigenvalue weighted by Gasteiger charge is 2.27. The van der Waals surface area contributed by atoms with Crippen molar-refractivity contribution >= 4 is 23.6 Å². The lowest BCUT2D eigenvalue weighted by molar-refractivity contribution is -0.132. The molecule has 0 spiro atoms. The van der Waals surface area contributed by atoms with E-state index < -0.39 is 0 Å². The van der Waals surface area contributed by atoms with Crippen molar-refractivity contribution in [2.75, 3.05) is 18.8 Å². The molecule has 1 aromatic carbocycles. The summed E-state index contributed by atoms with van der Waals surface area (Å²) in [5, 5.41) is 12.4. The number of rotatable bonds is 6.